The van der Waals surface area contributed by atoms with Gasteiger partial charge >= 0.3 is 0 Å². The predicted octanol–water partition coefficient (Wildman–Crippen LogP) is 2.14. The summed E-state index contributed by atoms with van der Waals surface area (Å²) >= 11 is 6.02. The van der Waals surface area contributed by atoms with Crippen LogP contribution in [-0.4, -0.2) is 19.7 Å². The zero-order valence-electron chi connectivity index (χ0n) is 8.32. The standard InChI is InChI=1S/C9H11ClN4/c1-5(2)8-12-7(10)6-4-11-14(3)9(6)13-8/h4-5H,1-3H3. The number of nitrogens with zero attached hydrogens (tertiary/aromatic N) is 4. The fourth-order valence-electron chi connectivity index (χ4n) is 1.26. The van der Waals surface area contributed by atoms with Crippen molar-refractivity contribution in [3.8, 4) is 0 Å². The second kappa shape index (κ2) is 3.20. The molecule has 0 radical (unpaired) electrons. The molecule has 14 heavy (non-hydrogen) atoms. The molecule has 74 valence electrons. The van der Waals surface area contributed by atoms with Gasteiger partial charge in [0.2, 0.25) is 0 Å². The Morgan fingerprint density at radius 3 is 2.71 bits per heavy atom. The van der Waals surface area contributed by atoms with Crippen LogP contribution in [0.25, 0.3) is 11.0 Å². The Bertz CT molecular complexity index is 475. The summed E-state index contributed by atoms with van der Waals surface area (Å²) in [4.78, 5) is 8.62. The van der Waals surface area contributed by atoms with Gasteiger partial charge in [0.1, 0.15) is 11.0 Å². The minimum absolute atomic E-state index is 0.270. The summed E-state index contributed by atoms with van der Waals surface area (Å²) in [6.45, 7) is 4.07. The van der Waals surface area contributed by atoms with Crippen LogP contribution in [0, 0.1) is 0 Å². The van der Waals surface area contributed by atoms with Crippen LogP contribution in [-0.2, 0) is 7.05 Å². The third-order valence-corrected chi connectivity index (χ3v) is 2.37. The van der Waals surface area contributed by atoms with Crippen molar-refractivity contribution in [3.63, 3.8) is 0 Å². The number of hydrogen-bond donors (Lipinski definition) is 0. The maximum absolute atomic E-state index is 6.02. The second-order valence-electron chi connectivity index (χ2n) is 3.53. The molecule has 0 atom stereocenters. The third kappa shape index (κ3) is 1.35. The molecule has 0 saturated heterocycles. The SMILES string of the molecule is CC(C)c1nc(Cl)c2cnn(C)c2n1. The summed E-state index contributed by atoms with van der Waals surface area (Å²) in [5, 5.41) is 5.37. The first-order valence-corrected chi connectivity index (χ1v) is 4.82. The van der Waals surface area contributed by atoms with Crippen molar-refractivity contribution in [1.29, 1.82) is 0 Å². The van der Waals surface area contributed by atoms with E-state index < -0.39 is 0 Å². The van der Waals surface area contributed by atoms with E-state index in [0.717, 1.165) is 16.9 Å². The molecular weight excluding hydrogens is 200 g/mol. The first-order valence-electron chi connectivity index (χ1n) is 4.44. The lowest BCUT2D eigenvalue weighted by atomic mass is 10.2. The van der Waals surface area contributed by atoms with Crippen LogP contribution < -0.4 is 0 Å². The van der Waals surface area contributed by atoms with Crippen molar-refractivity contribution in [1.82, 2.24) is 19.7 Å². The van der Waals surface area contributed by atoms with Gasteiger partial charge in [0.05, 0.1) is 11.6 Å². The highest BCUT2D eigenvalue weighted by atomic mass is 35.5. The molecule has 0 unspecified atom stereocenters. The fourth-order valence-corrected chi connectivity index (χ4v) is 1.48. The fraction of sp³-hybridized carbons (Fsp3) is 0.444. The highest BCUT2D eigenvalue weighted by molar-refractivity contribution is 6.33. The topological polar surface area (TPSA) is 43.6 Å². The Morgan fingerprint density at radius 1 is 1.36 bits per heavy atom. The number of aromatic nitrogens is 4. The maximum atomic E-state index is 6.02. The molecule has 0 N–H and O–H groups in total. The molecule has 2 rings (SSSR count). The third-order valence-electron chi connectivity index (χ3n) is 2.08. The molecular formula is C9H11ClN4. The van der Waals surface area contributed by atoms with Crippen molar-refractivity contribution < 1.29 is 0 Å². The minimum atomic E-state index is 0.270. The number of rotatable bonds is 1. The lowest BCUT2D eigenvalue weighted by molar-refractivity contribution is 0.752. The van der Waals surface area contributed by atoms with Crippen molar-refractivity contribution in [2.75, 3.05) is 0 Å². The van der Waals surface area contributed by atoms with E-state index in [4.69, 9.17) is 11.6 Å². The van der Waals surface area contributed by atoms with Gasteiger partial charge in [0.15, 0.2) is 5.65 Å². The minimum Gasteiger partial charge on any atom is -0.250 e. The quantitative estimate of drug-likeness (QED) is 0.678. The summed E-state index contributed by atoms with van der Waals surface area (Å²) in [7, 11) is 1.84. The molecule has 0 fully saturated rings. The van der Waals surface area contributed by atoms with E-state index in [-0.39, 0.29) is 5.92 Å². The van der Waals surface area contributed by atoms with Crippen molar-refractivity contribution >= 4 is 22.6 Å². The van der Waals surface area contributed by atoms with Gasteiger partial charge in [-0.25, -0.2) is 9.97 Å². The average molecular weight is 211 g/mol. The highest BCUT2D eigenvalue weighted by Gasteiger charge is 2.11. The van der Waals surface area contributed by atoms with E-state index in [0.29, 0.717) is 5.15 Å². The van der Waals surface area contributed by atoms with E-state index in [1.807, 2.05) is 20.9 Å². The van der Waals surface area contributed by atoms with Crippen LogP contribution in [0.2, 0.25) is 5.15 Å². The van der Waals surface area contributed by atoms with Gasteiger partial charge in [-0.2, -0.15) is 5.10 Å². The lowest BCUT2D eigenvalue weighted by Crippen LogP contribution is -2.00. The lowest BCUT2D eigenvalue weighted by Gasteiger charge is -2.04. The molecule has 0 amide bonds. The monoisotopic (exact) mass is 210 g/mol. The number of hydrogen-bond acceptors (Lipinski definition) is 3. The van der Waals surface area contributed by atoms with E-state index in [2.05, 4.69) is 15.1 Å². The highest BCUT2D eigenvalue weighted by Crippen LogP contribution is 2.21. The van der Waals surface area contributed by atoms with Crippen molar-refractivity contribution in [2.24, 2.45) is 7.05 Å². The Balaban J connectivity index is 2.75. The van der Waals surface area contributed by atoms with E-state index in [9.17, 15) is 0 Å². The first-order chi connectivity index (χ1) is 6.59. The van der Waals surface area contributed by atoms with Gasteiger partial charge in [-0.05, 0) is 0 Å². The Morgan fingerprint density at radius 2 is 2.07 bits per heavy atom. The van der Waals surface area contributed by atoms with Crippen LogP contribution in [0.1, 0.15) is 25.6 Å². The van der Waals surface area contributed by atoms with Crippen LogP contribution in [0.3, 0.4) is 0 Å². The zero-order chi connectivity index (χ0) is 10.3. The molecule has 5 heteroatoms. The molecule has 0 bridgehead atoms. The molecule has 0 aliphatic heterocycles. The number of fused-ring (bicyclic) bond motifs is 1. The van der Waals surface area contributed by atoms with Gasteiger partial charge in [-0.15, -0.1) is 0 Å². The van der Waals surface area contributed by atoms with E-state index in [1.165, 1.54) is 0 Å². The molecule has 0 aromatic carbocycles. The largest absolute Gasteiger partial charge is 0.250 e. The van der Waals surface area contributed by atoms with Crippen LogP contribution >= 0.6 is 11.6 Å². The summed E-state index contributed by atoms with van der Waals surface area (Å²) in [6, 6.07) is 0. The Hall–Kier alpha value is -1.16. The van der Waals surface area contributed by atoms with Gasteiger partial charge in [0.25, 0.3) is 0 Å². The molecule has 2 aromatic rings. The summed E-state index contributed by atoms with van der Waals surface area (Å²) in [5.41, 5.74) is 0.786. The first kappa shape index (κ1) is 9.40. The summed E-state index contributed by atoms with van der Waals surface area (Å²) in [6.07, 6.45) is 1.68. The van der Waals surface area contributed by atoms with Crippen LogP contribution in [0.5, 0.6) is 0 Å². The maximum Gasteiger partial charge on any atom is 0.162 e. The van der Waals surface area contributed by atoms with Crippen LogP contribution in [0.15, 0.2) is 6.20 Å². The number of aryl methyl sites for hydroxylation is 1. The summed E-state index contributed by atoms with van der Waals surface area (Å²) < 4.78 is 1.70. The molecule has 0 aliphatic carbocycles. The Kier molecular flexibility index (Phi) is 2.15. The average Bonchev–Trinajstić information content (AvgIpc) is 2.48. The van der Waals surface area contributed by atoms with E-state index >= 15 is 0 Å². The number of halogens is 1. The molecule has 0 aliphatic rings. The molecule has 2 heterocycles. The van der Waals surface area contributed by atoms with Crippen molar-refractivity contribution in [3.05, 3.63) is 17.2 Å². The molecule has 2 aromatic heterocycles. The van der Waals surface area contributed by atoms with Crippen molar-refractivity contribution in [2.45, 2.75) is 19.8 Å². The van der Waals surface area contributed by atoms with Gasteiger partial charge in [-0.3, -0.25) is 4.68 Å². The predicted molar refractivity (Wildman–Crippen MR) is 55.4 cm³/mol. The van der Waals surface area contributed by atoms with Gasteiger partial charge in [0, 0.05) is 13.0 Å². The molecule has 0 saturated carbocycles. The summed E-state index contributed by atoms with van der Waals surface area (Å²) in [5.74, 6) is 1.03. The second-order valence-corrected chi connectivity index (χ2v) is 3.89. The normalized spacial score (nSPS) is 11.5. The van der Waals surface area contributed by atoms with E-state index in [1.54, 1.807) is 10.9 Å². The zero-order valence-corrected chi connectivity index (χ0v) is 9.08. The van der Waals surface area contributed by atoms with Gasteiger partial charge in [-0.1, -0.05) is 25.4 Å². The molecule has 0 spiro atoms. The van der Waals surface area contributed by atoms with Crippen LogP contribution in [0.4, 0.5) is 0 Å². The Labute approximate surface area is 86.9 Å². The smallest absolute Gasteiger partial charge is 0.162 e. The van der Waals surface area contributed by atoms with Gasteiger partial charge < -0.3 is 0 Å². The molecule has 4 nitrogen and oxygen atoms in total.